The Morgan fingerprint density at radius 2 is 1.77 bits per heavy atom. The predicted octanol–water partition coefficient (Wildman–Crippen LogP) is 4.72. The van der Waals surface area contributed by atoms with E-state index in [9.17, 15) is 24.2 Å². The Hall–Kier alpha value is -3.13. The highest BCUT2D eigenvalue weighted by Gasteiger charge is 2.34. The zero-order chi connectivity index (χ0) is 22.6. The second-order valence-electron chi connectivity index (χ2n) is 8.35. The van der Waals surface area contributed by atoms with Crippen molar-refractivity contribution in [3.8, 4) is 11.5 Å². The van der Waals surface area contributed by atoms with Crippen molar-refractivity contribution >= 4 is 17.7 Å². The Morgan fingerprint density at radius 3 is 2.35 bits per heavy atom. The number of nitrogens with zero attached hydrogens (tertiary/aromatic N) is 1. The fraction of sp³-hybridized carbons (Fsp3) is 0.391. The maximum atomic E-state index is 13.1. The quantitative estimate of drug-likeness (QED) is 0.616. The fourth-order valence-electron chi connectivity index (χ4n) is 3.78. The van der Waals surface area contributed by atoms with Crippen LogP contribution in [-0.2, 0) is 0 Å². The molecule has 2 amide bonds. The largest absolute Gasteiger partial charge is 0.478 e. The normalized spacial score (nSPS) is 15.6. The number of carbonyl (C=O) groups is 2. The van der Waals surface area contributed by atoms with E-state index in [1.54, 1.807) is 4.90 Å². The molecule has 3 rings (SSSR count). The van der Waals surface area contributed by atoms with Crippen LogP contribution < -0.4 is 10.1 Å². The van der Waals surface area contributed by atoms with Crippen LogP contribution >= 0.6 is 0 Å². The van der Waals surface area contributed by atoms with E-state index in [0.29, 0.717) is 44.0 Å². The lowest BCUT2D eigenvalue weighted by molar-refractivity contribution is -0.0268. The van der Waals surface area contributed by atoms with E-state index in [1.807, 2.05) is 0 Å². The molecule has 1 aliphatic heterocycles. The average molecular weight is 430 g/mol. The molecule has 0 aliphatic carbocycles. The van der Waals surface area contributed by atoms with Crippen LogP contribution in [0.25, 0.3) is 0 Å². The lowest BCUT2D eigenvalue weighted by Gasteiger charge is -2.39. The van der Waals surface area contributed by atoms with Gasteiger partial charge in [-0.3, -0.25) is 0 Å². The summed E-state index contributed by atoms with van der Waals surface area (Å²) in [5.74, 6) is -0.685. The number of carboxylic acid groups (broad SMARTS) is 1. The van der Waals surface area contributed by atoms with Gasteiger partial charge in [-0.1, -0.05) is 13.8 Å². The van der Waals surface area contributed by atoms with Crippen molar-refractivity contribution in [2.24, 2.45) is 5.92 Å². The minimum Gasteiger partial charge on any atom is -0.478 e. The number of aliphatic hydroxyl groups is 1. The lowest BCUT2D eigenvalue weighted by Crippen LogP contribution is -2.48. The smallest absolute Gasteiger partial charge is 0.335 e. The number of nitrogens with one attached hydrogen (secondary N) is 1. The summed E-state index contributed by atoms with van der Waals surface area (Å²) in [6.07, 6.45) is 1.67. The molecule has 1 fully saturated rings. The minimum absolute atomic E-state index is 0.0557. The molecule has 0 unspecified atom stereocenters. The molecule has 0 spiro atoms. The summed E-state index contributed by atoms with van der Waals surface area (Å²) >= 11 is 0. The lowest BCUT2D eigenvalue weighted by atomic mass is 9.84. The van der Waals surface area contributed by atoms with Crippen LogP contribution in [0.5, 0.6) is 11.5 Å². The molecule has 0 bridgehead atoms. The third-order valence-electron chi connectivity index (χ3n) is 5.22. The molecule has 2 aromatic rings. The number of urea groups is 1. The predicted molar refractivity (Wildman–Crippen MR) is 114 cm³/mol. The first kappa shape index (κ1) is 22.6. The van der Waals surface area contributed by atoms with Crippen molar-refractivity contribution in [3.63, 3.8) is 0 Å². The number of amides is 2. The van der Waals surface area contributed by atoms with Gasteiger partial charge >= 0.3 is 12.0 Å². The van der Waals surface area contributed by atoms with Crippen LogP contribution in [-0.4, -0.2) is 45.8 Å². The summed E-state index contributed by atoms with van der Waals surface area (Å²) < 4.78 is 18.7. The highest BCUT2D eigenvalue weighted by molar-refractivity contribution is 5.94. The number of hydrogen-bond acceptors (Lipinski definition) is 4. The SMILES string of the molecule is CC(C)CC1(O)CCN(C(=O)Nc2cc(Oc3ccc(F)cc3)cc(C(=O)O)c2)CC1. The van der Waals surface area contributed by atoms with Crippen molar-refractivity contribution in [2.45, 2.75) is 38.7 Å². The number of carboxylic acids is 1. The molecule has 1 heterocycles. The number of carbonyl (C=O) groups excluding carboxylic acids is 1. The van der Waals surface area contributed by atoms with Gasteiger partial charge in [-0.15, -0.1) is 0 Å². The highest BCUT2D eigenvalue weighted by Crippen LogP contribution is 2.30. The molecule has 1 aliphatic rings. The number of benzene rings is 2. The number of aromatic carboxylic acids is 1. The second-order valence-corrected chi connectivity index (χ2v) is 8.35. The van der Waals surface area contributed by atoms with Gasteiger partial charge in [0.15, 0.2) is 0 Å². The Bertz CT molecular complexity index is 937. The Balaban J connectivity index is 1.70. The molecule has 166 valence electrons. The van der Waals surface area contributed by atoms with Crippen LogP contribution in [0.2, 0.25) is 0 Å². The number of piperidine rings is 1. The van der Waals surface area contributed by atoms with Crippen LogP contribution in [0.4, 0.5) is 14.9 Å². The second kappa shape index (κ2) is 9.34. The number of halogens is 1. The van der Waals surface area contributed by atoms with Gasteiger partial charge in [-0.05, 0) is 61.6 Å². The summed E-state index contributed by atoms with van der Waals surface area (Å²) in [7, 11) is 0. The molecule has 0 atom stereocenters. The van der Waals surface area contributed by atoms with E-state index in [4.69, 9.17) is 4.74 Å². The van der Waals surface area contributed by atoms with Gasteiger partial charge < -0.3 is 25.2 Å². The van der Waals surface area contributed by atoms with Crippen LogP contribution in [0.1, 0.15) is 43.5 Å². The van der Waals surface area contributed by atoms with Gasteiger partial charge in [-0.25, -0.2) is 14.0 Å². The molecule has 31 heavy (non-hydrogen) atoms. The van der Waals surface area contributed by atoms with E-state index < -0.39 is 17.4 Å². The van der Waals surface area contributed by atoms with Crippen molar-refractivity contribution in [3.05, 3.63) is 53.8 Å². The molecule has 8 heteroatoms. The Kier molecular flexibility index (Phi) is 6.80. The first-order valence-corrected chi connectivity index (χ1v) is 10.2. The molecule has 7 nitrogen and oxygen atoms in total. The molecular weight excluding hydrogens is 403 g/mol. The van der Waals surface area contributed by atoms with E-state index in [0.717, 1.165) is 0 Å². The third kappa shape index (κ3) is 6.18. The minimum atomic E-state index is -1.17. The van der Waals surface area contributed by atoms with Gasteiger partial charge in [0.1, 0.15) is 17.3 Å². The molecule has 3 N–H and O–H groups in total. The number of ether oxygens (including phenoxy) is 1. The molecule has 0 radical (unpaired) electrons. The molecular formula is C23H27FN2O5. The van der Waals surface area contributed by atoms with Crippen LogP contribution in [0.15, 0.2) is 42.5 Å². The summed E-state index contributed by atoms with van der Waals surface area (Å²) in [6.45, 7) is 4.93. The summed E-state index contributed by atoms with van der Waals surface area (Å²) in [5, 5.41) is 22.8. The molecule has 0 aromatic heterocycles. The Labute approximate surface area is 180 Å². The molecule has 1 saturated heterocycles. The van der Waals surface area contributed by atoms with Crippen LogP contribution in [0, 0.1) is 11.7 Å². The van der Waals surface area contributed by atoms with E-state index in [2.05, 4.69) is 19.2 Å². The maximum Gasteiger partial charge on any atom is 0.335 e. The maximum absolute atomic E-state index is 13.1. The van der Waals surface area contributed by atoms with E-state index in [-0.39, 0.29) is 23.0 Å². The standard InChI is InChI=1S/C23H27FN2O5/c1-15(2)14-23(30)7-9-26(10-8-23)22(29)25-18-11-16(21(27)28)12-20(13-18)31-19-5-3-17(24)4-6-19/h3-6,11-13,15,30H,7-10,14H2,1-2H3,(H,25,29)(H,27,28). The fourth-order valence-corrected chi connectivity index (χ4v) is 3.78. The van der Waals surface area contributed by atoms with Crippen molar-refractivity contribution < 1.29 is 28.9 Å². The number of likely N-dealkylation sites (tertiary alicyclic amines) is 1. The number of anilines is 1. The molecule has 0 saturated carbocycles. The molecule has 2 aromatic carbocycles. The first-order valence-electron chi connectivity index (χ1n) is 10.2. The monoisotopic (exact) mass is 430 g/mol. The third-order valence-corrected chi connectivity index (χ3v) is 5.22. The Morgan fingerprint density at radius 1 is 1.13 bits per heavy atom. The first-order chi connectivity index (χ1) is 14.6. The van der Waals surface area contributed by atoms with Crippen molar-refractivity contribution in [1.82, 2.24) is 4.90 Å². The summed E-state index contributed by atoms with van der Waals surface area (Å²) in [5.41, 5.74) is -0.547. The highest BCUT2D eigenvalue weighted by atomic mass is 19.1. The van der Waals surface area contributed by atoms with Gasteiger partial charge in [-0.2, -0.15) is 0 Å². The summed E-state index contributed by atoms with van der Waals surface area (Å²) in [6, 6.07) is 9.12. The van der Waals surface area contributed by atoms with Gasteiger partial charge in [0.25, 0.3) is 0 Å². The van der Waals surface area contributed by atoms with Gasteiger partial charge in [0, 0.05) is 24.8 Å². The van der Waals surface area contributed by atoms with Crippen LogP contribution in [0.3, 0.4) is 0 Å². The van der Waals surface area contributed by atoms with Gasteiger partial charge in [0.2, 0.25) is 0 Å². The number of rotatable bonds is 6. The van der Waals surface area contributed by atoms with Gasteiger partial charge in [0.05, 0.1) is 11.2 Å². The zero-order valence-electron chi connectivity index (χ0n) is 17.6. The topological polar surface area (TPSA) is 99.1 Å². The van der Waals surface area contributed by atoms with E-state index >= 15 is 0 Å². The zero-order valence-corrected chi connectivity index (χ0v) is 17.6. The van der Waals surface area contributed by atoms with Crippen molar-refractivity contribution in [1.29, 1.82) is 0 Å². The van der Waals surface area contributed by atoms with E-state index in [1.165, 1.54) is 42.5 Å². The average Bonchev–Trinajstić information content (AvgIpc) is 2.69. The summed E-state index contributed by atoms with van der Waals surface area (Å²) in [4.78, 5) is 25.8. The van der Waals surface area contributed by atoms with Crippen molar-refractivity contribution in [2.75, 3.05) is 18.4 Å². The number of hydrogen-bond donors (Lipinski definition) is 3.